The van der Waals surface area contributed by atoms with Gasteiger partial charge < -0.3 is 9.80 Å². The molecule has 1 aromatic carbocycles. The molecule has 2 rings (SSSR count). The molecule has 1 fully saturated rings. The monoisotopic (exact) mass is 385 g/mol. The Morgan fingerprint density at radius 2 is 1.81 bits per heavy atom. The van der Waals surface area contributed by atoms with E-state index in [1.807, 2.05) is 4.90 Å². The quantitative estimate of drug-likeness (QED) is 0.527. The lowest BCUT2D eigenvalue weighted by Gasteiger charge is -2.33. The molecule has 1 aliphatic heterocycles. The highest BCUT2D eigenvalue weighted by Crippen LogP contribution is 2.31. The summed E-state index contributed by atoms with van der Waals surface area (Å²) in [4.78, 5) is 14.6. The lowest BCUT2D eigenvalue weighted by Crippen LogP contribution is -3.14. The zero-order chi connectivity index (χ0) is 19.3. The number of piperazine rings is 1. The molecule has 0 amide bonds. The van der Waals surface area contributed by atoms with Crippen LogP contribution in [0.1, 0.15) is 27.2 Å². The van der Waals surface area contributed by atoms with Crippen LogP contribution in [-0.2, 0) is 10.0 Å². The van der Waals surface area contributed by atoms with Gasteiger partial charge in [-0.25, -0.2) is 8.42 Å². The number of nitro benzene ring substituents is 1. The van der Waals surface area contributed by atoms with Gasteiger partial charge in [0.1, 0.15) is 5.69 Å². The van der Waals surface area contributed by atoms with E-state index in [0.29, 0.717) is 18.8 Å². The summed E-state index contributed by atoms with van der Waals surface area (Å²) in [5.41, 5.74) is 0.362. The number of hydrogen-bond acceptors (Lipinski definition) is 5. The molecule has 0 unspecified atom stereocenters. The van der Waals surface area contributed by atoms with Crippen molar-refractivity contribution in [2.24, 2.45) is 0 Å². The van der Waals surface area contributed by atoms with Crippen molar-refractivity contribution < 1.29 is 18.2 Å². The average molecular weight is 386 g/mol. The van der Waals surface area contributed by atoms with E-state index >= 15 is 0 Å². The van der Waals surface area contributed by atoms with Crippen LogP contribution in [0.25, 0.3) is 0 Å². The number of quaternary nitrogens is 1. The minimum absolute atomic E-state index is 0.0214. The Balaban J connectivity index is 2.32. The molecule has 0 spiro atoms. The number of rotatable bonds is 8. The molecule has 8 nitrogen and oxygen atoms in total. The van der Waals surface area contributed by atoms with Crippen LogP contribution in [-0.4, -0.2) is 63.5 Å². The Bertz CT molecular complexity index is 726. The van der Waals surface area contributed by atoms with Crippen LogP contribution in [0.4, 0.5) is 11.4 Å². The van der Waals surface area contributed by atoms with Gasteiger partial charge in [0.05, 0.1) is 42.5 Å². The van der Waals surface area contributed by atoms with E-state index < -0.39 is 14.9 Å². The van der Waals surface area contributed by atoms with Crippen LogP contribution in [0.3, 0.4) is 0 Å². The van der Waals surface area contributed by atoms with Crippen molar-refractivity contribution in [3.8, 4) is 0 Å². The molecule has 0 radical (unpaired) electrons. The van der Waals surface area contributed by atoms with Crippen LogP contribution < -0.4 is 9.80 Å². The Morgan fingerprint density at radius 3 is 2.31 bits per heavy atom. The first-order chi connectivity index (χ1) is 12.3. The molecule has 26 heavy (non-hydrogen) atoms. The second kappa shape index (κ2) is 8.79. The van der Waals surface area contributed by atoms with Gasteiger partial charge in [0, 0.05) is 19.2 Å². The van der Waals surface area contributed by atoms with Crippen molar-refractivity contribution in [1.82, 2.24) is 4.31 Å². The Hall–Kier alpha value is -1.71. The molecule has 1 aliphatic rings. The second-order valence-electron chi connectivity index (χ2n) is 6.48. The fourth-order valence-electron chi connectivity index (χ4n) is 3.46. The van der Waals surface area contributed by atoms with E-state index in [1.165, 1.54) is 21.3 Å². The Morgan fingerprint density at radius 1 is 1.19 bits per heavy atom. The van der Waals surface area contributed by atoms with Crippen LogP contribution in [0.15, 0.2) is 23.1 Å². The number of nitrogens with one attached hydrogen (secondary N) is 1. The molecule has 1 heterocycles. The van der Waals surface area contributed by atoms with Crippen molar-refractivity contribution in [1.29, 1.82) is 0 Å². The van der Waals surface area contributed by atoms with Crippen molar-refractivity contribution in [3.63, 3.8) is 0 Å². The van der Waals surface area contributed by atoms with Crippen LogP contribution in [0, 0.1) is 10.1 Å². The number of sulfonamides is 1. The third kappa shape index (κ3) is 4.33. The zero-order valence-electron chi connectivity index (χ0n) is 15.8. The third-order valence-electron chi connectivity index (χ3n) is 4.90. The lowest BCUT2D eigenvalue weighted by atomic mass is 10.2. The molecular formula is C17H29N4O4S+. The average Bonchev–Trinajstić information content (AvgIpc) is 2.63. The summed E-state index contributed by atoms with van der Waals surface area (Å²) in [5.74, 6) is 0. The van der Waals surface area contributed by atoms with Crippen molar-refractivity contribution in [2.75, 3.05) is 50.7 Å². The fraction of sp³-hybridized carbons (Fsp3) is 0.647. The predicted molar refractivity (Wildman–Crippen MR) is 101 cm³/mol. The summed E-state index contributed by atoms with van der Waals surface area (Å²) >= 11 is 0. The van der Waals surface area contributed by atoms with Crippen molar-refractivity contribution >= 4 is 21.4 Å². The van der Waals surface area contributed by atoms with E-state index in [2.05, 4.69) is 6.92 Å². The van der Waals surface area contributed by atoms with Gasteiger partial charge >= 0.3 is 0 Å². The maximum absolute atomic E-state index is 12.7. The standard InChI is InChI=1S/C17H28N4O4S/c1-4-9-18-10-12-19(13-11-18)16-8-7-15(14-17(16)21(22)23)26(24,25)20(5-2)6-3/h7-8,14H,4-6,9-13H2,1-3H3/p+1. The smallest absolute Gasteiger partial charge is 0.293 e. The van der Waals surface area contributed by atoms with Gasteiger partial charge in [-0.05, 0) is 18.6 Å². The first-order valence-corrected chi connectivity index (χ1v) is 10.7. The Labute approximate surface area is 155 Å². The molecule has 0 atom stereocenters. The zero-order valence-corrected chi connectivity index (χ0v) is 16.6. The maximum Gasteiger partial charge on any atom is 0.293 e. The molecule has 0 bridgehead atoms. The Kier molecular flexibility index (Phi) is 6.96. The highest BCUT2D eigenvalue weighted by atomic mass is 32.2. The SMILES string of the molecule is CCC[NH+]1CCN(c2ccc(S(=O)(=O)N(CC)CC)cc2[N+](=O)[O-])CC1. The van der Waals surface area contributed by atoms with Crippen molar-refractivity contribution in [2.45, 2.75) is 32.1 Å². The number of nitrogens with zero attached hydrogens (tertiary/aromatic N) is 3. The molecule has 0 aliphatic carbocycles. The third-order valence-corrected chi connectivity index (χ3v) is 6.95. The molecule has 1 N–H and O–H groups in total. The number of hydrogen-bond donors (Lipinski definition) is 1. The van der Waals surface area contributed by atoms with Gasteiger partial charge in [-0.15, -0.1) is 0 Å². The topological polar surface area (TPSA) is 88.2 Å². The first kappa shape index (κ1) is 20.6. The molecule has 1 aromatic rings. The van der Waals surface area contributed by atoms with Gasteiger partial charge in [-0.1, -0.05) is 20.8 Å². The highest BCUT2D eigenvalue weighted by Gasteiger charge is 2.29. The normalized spacial score (nSPS) is 16.2. The van der Waals surface area contributed by atoms with Crippen molar-refractivity contribution in [3.05, 3.63) is 28.3 Å². The molecular weight excluding hydrogens is 356 g/mol. The second-order valence-corrected chi connectivity index (χ2v) is 8.42. The summed E-state index contributed by atoms with van der Waals surface area (Å²) in [6.07, 6.45) is 1.12. The van der Waals surface area contributed by atoms with E-state index in [9.17, 15) is 18.5 Å². The summed E-state index contributed by atoms with van der Waals surface area (Å²) < 4.78 is 26.6. The van der Waals surface area contributed by atoms with E-state index in [0.717, 1.165) is 39.1 Å². The maximum atomic E-state index is 12.7. The first-order valence-electron chi connectivity index (χ1n) is 9.22. The number of anilines is 1. The highest BCUT2D eigenvalue weighted by molar-refractivity contribution is 7.89. The van der Waals surface area contributed by atoms with Gasteiger partial charge in [-0.3, -0.25) is 10.1 Å². The minimum Gasteiger partial charge on any atom is -0.355 e. The van der Waals surface area contributed by atoms with E-state index in [1.54, 1.807) is 19.9 Å². The van der Waals surface area contributed by atoms with Crippen LogP contribution >= 0.6 is 0 Å². The van der Waals surface area contributed by atoms with Gasteiger partial charge in [0.2, 0.25) is 10.0 Å². The molecule has 146 valence electrons. The molecule has 1 saturated heterocycles. The summed E-state index contributed by atoms with van der Waals surface area (Å²) in [7, 11) is -3.71. The van der Waals surface area contributed by atoms with Crippen LogP contribution in [0.5, 0.6) is 0 Å². The predicted octanol–water partition coefficient (Wildman–Crippen LogP) is 0.740. The summed E-state index contributed by atoms with van der Waals surface area (Å²) in [5, 5.41) is 11.6. The van der Waals surface area contributed by atoms with Gasteiger partial charge in [0.15, 0.2) is 0 Å². The van der Waals surface area contributed by atoms with E-state index in [-0.39, 0.29) is 10.6 Å². The lowest BCUT2D eigenvalue weighted by molar-refractivity contribution is -0.900. The summed E-state index contributed by atoms with van der Waals surface area (Å²) in [6.45, 7) is 10.8. The molecule has 0 saturated carbocycles. The fourth-order valence-corrected chi connectivity index (χ4v) is 4.94. The minimum atomic E-state index is -3.71. The van der Waals surface area contributed by atoms with Crippen LogP contribution in [0.2, 0.25) is 0 Å². The number of benzene rings is 1. The van der Waals surface area contributed by atoms with Gasteiger partial charge in [0.25, 0.3) is 5.69 Å². The van der Waals surface area contributed by atoms with Gasteiger partial charge in [-0.2, -0.15) is 4.31 Å². The number of nitro groups is 1. The molecule has 0 aromatic heterocycles. The van der Waals surface area contributed by atoms with E-state index in [4.69, 9.17) is 0 Å². The summed E-state index contributed by atoms with van der Waals surface area (Å²) in [6, 6.07) is 4.27. The largest absolute Gasteiger partial charge is 0.355 e. The molecule has 9 heteroatoms.